The highest BCUT2D eigenvalue weighted by atomic mass is 79.9. The largest absolute Gasteiger partial charge is 0.352 e. The van der Waals surface area contributed by atoms with Crippen molar-refractivity contribution in [3.8, 4) is 0 Å². The Kier molecular flexibility index (Phi) is 6.97. The number of carbonyl (C=O) groups excluding carboxylic acids is 1. The number of hydrogen-bond donors (Lipinski definition) is 1. The van der Waals surface area contributed by atoms with Gasteiger partial charge in [-0.3, -0.25) is 14.2 Å². The molecule has 2 rings (SSSR count). The molecule has 0 saturated carbocycles. The minimum Gasteiger partial charge on any atom is -0.352 e. The van der Waals surface area contributed by atoms with Crippen LogP contribution in [0.15, 0.2) is 33.8 Å². The van der Waals surface area contributed by atoms with Crippen molar-refractivity contribution in [2.75, 3.05) is 0 Å². The van der Waals surface area contributed by atoms with Gasteiger partial charge in [0.2, 0.25) is 5.91 Å². The van der Waals surface area contributed by atoms with E-state index in [4.69, 9.17) is 0 Å². The molecule has 0 unspecified atom stereocenters. The zero-order valence-electron chi connectivity index (χ0n) is 14.2. The van der Waals surface area contributed by atoms with Crippen LogP contribution in [0.2, 0.25) is 0 Å². The SMILES string of the molecule is CCCCCC[C@@H](C)NC(=O)Cn1cnc2ccc(Br)cc2c1=O. The quantitative estimate of drug-likeness (QED) is 0.696. The van der Waals surface area contributed by atoms with E-state index in [1.165, 1.54) is 30.2 Å². The van der Waals surface area contributed by atoms with Crippen molar-refractivity contribution >= 4 is 32.7 Å². The van der Waals surface area contributed by atoms with Crippen LogP contribution in [0.1, 0.15) is 46.0 Å². The average Bonchev–Trinajstić information content (AvgIpc) is 2.54. The summed E-state index contributed by atoms with van der Waals surface area (Å²) in [5.74, 6) is -0.156. The fraction of sp³-hybridized carbons (Fsp3) is 0.500. The van der Waals surface area contributed by atoms with Crippen LogP contribution in [-0.2, 0) is 11.3 Å². The van der Waals surface area contributed by atoms with Crippen molar-refractivity contribution in [3.63, 3.8) is 0 Å². The molecular formula is C18H24BrN3O2. The van der Waals surface area contributed by atoms with Crippen molar-refractivity contribution in [1.82, 2.24) is 14.9 Å². The molecule has 5 nitrogen and oxygen atoms in total. The molecule has 2 aromatic rings. The summed E-state index contributed by atoms with van der Waals surface area (Å²) in [6.45, 7) is 4.18. The average molecular weight is 394 g/mol. The van der Waals surface area contributed by atoms with E-state index in [9.17, 15) is 9.59 Å². The number of benzene rings is 1. The van der Waals surface area contributed by atoms with Crippen molar-refractivity contribution in [2.24, 2.45) is 0 Å². The first kappa shape index (κ1) is 18.6. The smallest absolute Gasteiger partial charge is 0.261 e. The van der Waals surface area contributed by atoms with Crippen molar-refractivity contribution in [1.29, 1.82) is 0 Å². The summed E-state index contributed by atoms with van der Waals surface area (Å²) in [6, 6.07) is 5.47. The van der Waals surface area contributed by atoms with Crippen LogP contribution in [0, 0.1) is 0 Å². The summed E-state index contributed by atoms with van der Waals surface area (Å²) in [6.07, 6.45) is 7.14. The van der Waals surface area contributed by atoms with Gasteiger partial charge in [0, 0.05) is 10.5 Å². The molecule has 1 amide bonds. The van der Waals surface area contributed by atoms with Crippen LogP contribution in [0.3, 0.4) is 0 Å². The van der Waals surface area contributed by atoms with Gasteiger partial charge in [-0.25, -0.2) is 4.98 Å². The second kappa shape index (κ2) is 8.97. The lowest BCUT2D eigenvalue weighted by molar-refractivity contribution is -0.122. The number of amides is 1. The zero-order chi connectivity index (χ0) is 17.5. The van der Waals surface area contributed by atoms with Crippen LogP contribution in [0.5, 0.6) is 0 Å². The molecule has 1 heterocycles. The third-order valence-corrected chi connectivity index (χ3v) is 4.49. The van der Waals surface area contributed by atoms with Crippen molar-refractivity contribution in [2.45, 2.75) is 58.5 Å². The predicted octanol–water partition coefficient (Wildman–Crippen LogP) is 3.63. The molecule has 0 saturated heterocycles. The molecule has 0 radical (unpaired) electrons. The third-order valence-electron chi connectivity index (χ3n) is 4.00. The molecule has 1 atom stereocenters. The van der Waals surface area contributed by atoms with E-state index >= 15 is 0 Å². The minimum absolute atomic E-state index is 0.00636. The molecule has 0 aliphatic heterocycles. The summed E-state index contributed by atoms with van der Waals surface area (Å²) in [4.78, 5) is 28.9. The monoisotopic (exact) mass is 393 g/mol. The Morgan fingerprint density at radius 2 is 2.12 bits per heavy atom. The number of aromatic nitrogens is 2. The number of fused-ring (bicyclic) bond motifs is 1. The summed E-state index contributed by atoms with van der Waals surface area (Å²) in [5, 5.41) is 3.46. The molecule has 6 heteroatoms. The van der Waals surface area contributed by atoms with Gasteiger partial charge in [0.1, 0.15) is 6.54 Å². The second-order valence-corrected chi connectivity index (χ2v) is 7.07. The van der Waals surface area contributed by atoms with E-state index in [2.05, 4.69) is 33.2 Å². The molecule has 0 spiro atoms. The van der Waals surface area contributed by atoms with Crippen molar-refractivity contribution < 1.29 is 4.79 Å². The van der Waals surface area contributed by atoms with Crippen LogP contribution in [0.4, 0.5) is 0 Å². The van der Waals surface area contributed by atoms with Crippen LogP contribution < -0.4 is 10.9 Å². The lowest BCUT2D eigenvalue weighted by Crippen LogP contribution is -2.37. The summed E-state index contributed by atoms with van der Waals surface area (Å²) < 4.78 is 2.17. The van der Waals surface area contributed by atoms with Gasteiger partial charge in [-0.15, -0.1) is 0 Å². The molecule has 0 aliphatic rings. The zero-order valence-corrected chi connectivity index (χ0v) is 15.8. The van der Waals surface area contributed by atoms with Crippen molar-refractivity contribution in [3.05, 3.63) is 39.4 Å². The van der Waals surface area contributed by atoms with Crippen LogP contribution in [0.25, 0.3) is 10.9 Å². The Hall–Kier alpha value is -1.69. The maximum atomic E-state index is 12.5. The lowest BCUT2D eigenvalue weighted by Gasteiger charge is -2.14. The Morgan fingerprint density at radius 3 is 2.88 bits per heavy atom. The number of nitrogens with one attached hydrogen (secondary N) is 1. The molecular weight excluding hydrogens is 370 g/mol. The summed E-state index contributed by atoms with van der Waals surface area (Å²) in [5.41, 5.74) is 0.427. The van der Waals surface area contributed by atoms with E-state index in [1.807, 2.05) is 13.0 Å². The number of carbonyl (C=O) groups is 1. The number of rotatable bonds is 8. The number of hydrogen-bond acceptors (Lipinski definition) is 3. The van der Waals surface area contributed by atoms with E-state index in [0.717, 1.165) is 17.3 Å². The van der Waals surface area contributed by atoms with Gasteiger partial charge < -0.3 is 5.32 Å². The highest BCUT2D eigenvalue weighted by Crippen LogP contribution is 2.14. The van der Waals surface area contributed by atoms with E-state index in [1.54, 1.807) is 12.1 Å². The second-order valence-electron chi connectivity index (χ2n) is 6.16. The first-order valence-electron chi connectivity index (χ1n) is 8.45. The highest BCUT2D eigenvalue weighted by molar-refractivity contribution is 9.10. The fourth-order valence-corrected chi connectivity index (χ4v) is 3.03. The lowest BCUT2D eigenvalue weighted by atomic mass is 10.1. The Morgan fingerprint density at radius 1 is 1.33 bits per heavy atom. The Labute approximate surface area is 150 Å². The first-order chi connectivity index (χ1) is 11.5. The normalized spacial score (nSPS) is 12.3. The van der Waals surface area contributed by atoms with Gasteiger partial charge in [-0.2, -0.15) is 0 Å². The maximum absolute atomic E-state index is 12.5. The van der Waals surface area contributed by atoms with Crippen LogP contribution in [-0.4, -0.2) is 21.5 Å². The molecule has 1 aromatic heterocycles. The predicted molar refractivity (Wildman–Crippen MR) is 100 cm³/mol. The van der Waals surface area contributed by atoms with Gasteiger partial charge in [0.05, 0.1) is 17.2 Å². The van der Waals surface area contributed by atoms with Gasteiger partial charge in [-0.05, 0) is 31.5 Å². The molecule has 24 heavy (non-hydrogen) atoms. The van der Waals surface area contributed by atoms with E-state index < -0.39 is 0 Å². The summed E-state index contributed by atoms with van der Waals surface area (Å²) >= 11 is 3.35. The third kappa shape index (κ3) is 5.16. The van der Waals surface area contributed by atoms with Gasteiger partial charge in [0.15, 0.2) is 0 Å². The van der Waals surface area contributed by atoms with Gasteiger partial charge >= 0.3 is 0 Å². The highest BCUT2D eigenvalue weighted by Gasteiger charge is 2.11. The summed E-state index contributed by atoms with van der Waals surface area (Å²) in [7, 11) is 0. The van der Waals surface area contributed by atoms with Crippen LogP contribution >= 0.6 is 15.9 Å². The first-order valence-corrected chi connectivity index (χ1v) is 9.24. The number of halogens is 1. The molecule has 0 aliphatic carbocycles. The Balaban J connectivity index is 1.98. The molecule has 0 bridgehead atoms. The topological polar surface area (TPSA) is 64.0 Å². The molecule has 1 aromatic carbocycles. The molecule has 0 fully saturated rings. The van der Waals surface area contributed by atoms with Gasteiger partial charge in [0.25, 0.3) is 5.56 Å². The number of nitrogens with zero attached hydrogens (tertiary/aromatic N) is 2. The van der Waals surface area contributed by atoms with Gasteiger partial charge in [-0.1, -0.05) is 48.5 Å². The molecule has 1 N–H and O–H groups in total. The van der Waals surface area contributed by atoms with E-state index in [0.29, 0.717) is 10.9 Å². The molecule has 130 valence electrons. The maximum Gasteiger partial charge on any atom is 0.261 e. The number of unbranched alkanes of at least 4 members (excludes halogenated alkanes) is 3. The Bertz CT molecular complexity index is 758. The minimum atomic E-state index is -0.202. The fourth-order valence-electron chi connectivity index (χ4n) is 2.67. The standard InChI is InChI=1S/C18H24BrN3O2/c1-3-4-5-6-7-13(2)21-17(23)11-22-12-20-16-9-8-14(19)10-15(16)18(22)24/h8-10,12-13H,3-7,11H2,1-2H3,(H,21,23)/t13-/m1/s1. The van der Waals surface area contributed by atoms with E-state index in [-0.39, 0.29) is 24.1 Å².